The van der Waals surface area contributed by atoms with Gasteiger partial charge in [-0.2, -0.15) is 0 Å². The summed E-state index contributed by atoms with van der Waals surface area (Å²) in [6.45, 7) is 5.74. The smallest absolute Gasteiger partial charge is 0.234 e. The van der Waals surface area contributed by atoms with Crippen molar-refractivity contribution >= 4 is 17.3 Å². The molecule has 0 saturated heterocycles. The number of anilines is 2. The molecule has 0 atom stereocenters. The van der Waals surface area contributed by atoms with Crippen molar-refractivity contribution in [3.8, 4) is 0 Å². The maximum Gasteiger partial charge on any atom is 0.234 e. The molecule has 0 aliphatic heterocycles. The SMILES string of the molecule is Cc1c(N)cccc1NC(=O)C(C)(C)c1ccccc1. The molecule has 104 valence electrons. The second-order valence-corrected chi connectivity index (χ2v) is 5.46. The summed E-state index contributed by atoms with van der Waals surface area (Å²) >= 11 is 0. The van der Waals surface area contributed by atoms with Gasteiger partial charge < -0.3 is 11.1 Å². The van der Waals surface area contributed by atoms with Crippen molar-refractivity contribution in [1.82, 2.24) is 0 Å². The Bertz CT molecular complexity index is 618. The Morgan fingerprint density at radius 2 is 1.70 bits per heavy atom. The molecule has 1 amide bonds. The zero-order valence-corrected chi connectivity index (χ0v) is 12.1. The Kier molecular flexibility index (Phi) is 3.79. The van der Waals surface area contributed by atoms with Crippen molar-refractivity contribution in [3.63, 3.8) is 0 Å². The maximum atomic E-state index is 12.5. The summed E-state index contributed by atoms with van der Waals surface area (Å²) in [5.41, 5.74) is 8.59. The minimum atomic E-state index is -0.599. The van der Waals surface area contributed by atoms with E-state index in [1.807, 2.05) is 69.3 Å². The van der Waals surface area contributed by atoms with Gasteiger partial charge in [0, 0.05) is 11.4 Å². The Morgan fingerprint density at radius 3 is 2.35 bits per heavy atom. The number of hydrogen-bond acceptors (Lipinski definition) is 2. The second-order valence-electron chi connectivity index (χ2n) is 5.46. The van der Waals surface area contributed by atoms with E-state index in [2.05, 4.69) is 5.32 Å². The van der Waals surface area contributed by atoms with Gasteiger partial charge in [-0.05, 0) is 44.0 Å². The van der Waals surface area contributed by atoms with E-state index in [0.29, 0.717) is 5.69 Å². The number of nitrogen functional groups attached to an aromatic ring is 1. The Hall–Kier alpha value is -2.29. The van der Waals surface area contributed by atoms with Gasteiger partial charge in [-0.3, -0.25) is 4.79 Å². The normalized spacial score (nSPS) is 11.2. The van der Waals surface area contributed by atoms with Gasteiger partial charge in [0.05, 0.1) is 5.41 Å². The van der Waals surface area contributed by atoms with E-state index in [1.165, 1.54) is 0 Å². The first-order valence-electron chi connectivity index (χ1n) is 6.65. The lowest BCUT2D eigenvalue weighted by atomic mass is 9.83. The van der Waals surface area contributed by atoms with Gasteiger partial charge in [0.1, 0.15) is 0 Å². The number of nitrogens with one attached hydrogen (secondary N) is 1. The number of carbonyl (C=O) groups excluding carboxylic acids is 1. The molecular weight excluding hydrogens is 248 g/mol. The number of benzene rings is 2. The molecule has 0 aliphatic carbocycles. The summed E-state index contributed by atoms with van der Waals surface area (Å²) in [6, 6.07) is 15.3. The molecule has 2 aromatic rings. The maximum absolute atomic E-state index is 12.5. The third-order valence-electron chi connectivity index (χ3n) is 3.69. The standard InChI is InChI=1S/C17H20N2O/c1-12-14(18)10-7-11-15(12)19-16(20)17(2,3)13-8-5-4-6-9-13/h4-11H,18H2,1-3H3,(H,19,20). The molecule has 0 fully saturated rings. The fraction of sp³-hybridized carbons (Fsp3) is 0.235. The van der Waals surface area contributed by atoms with Crippen LogP contribution in [0.25, 0.3) is 0 Å². The Labute approximate surface area is 119 Å². The fourth-order valence-corrected chi connectivity index (χ4v) is 2.05. The third-order valence-corrected chi connectivity index (χ3v) is 3.69. The first-order chi connectivity index (χ1) is 9.43. The van der Waals surface area contributed by atoms with E-state index in [1.54, 1.807) is 0 Å². The van der Waals surface area contributed by atoms with E-state index in [-0.39, 0.29) is 5.91 Å². The van der Waals surface area contributed by atoms with Crippen LogP contribution in [0.1, 0.15) is 25.0 Å². The molecule has 0 saturated carbocycles. The summed E-state index contributed by atoms with van der Waals surface area (Å²) in [6.07, 6.45) is 0. The third kappa shape index (κ3) is 2.67. The van der Waals surface area contributed by atoms with Gasteiger partial charge in [-0.25, -0.2) is 0 Å². The lowest BCUT2D eigenvalue weighted by Crippen LogP contribution is -2.34. The molecule has 0 radical (unpaired) electrons. The predicted molar refractivity (Wildman–Crippen MR) is 83.7 cm³/mol. The van der Waals surface area contributed by atoms with E-state index in [9.17, 15) is 4.79 Å². The van der Waals surface area contributed by atoms with Crippen LogP contribution in [0.3, 0.4) is 0 Å². The number of carbonyl (C=O) groups is 1. The van der Waals surface area contributed by atoms with Crippen LogP contribution >= 0.6 is 0 Å². The van der Waals surface area contributed by atoms with Crippen LogP contribution < -0.4 is 11.1 Å². The number of amides is 1. The molecule has 0 heterocycles. The van der Waals surface area contributed by atoms with E-state index in [0.717, 1.165) is 16.8 Å². The van der Waals surface area contributed by atoms with Crippen LogP contribution in [0.5, 0.6) is 0 Å². The highest BCUT2D eigenvalue weighted by Gasteiger charge is 2.29. The highest BCUT2D eigenvalue weighted by atomic mass is 16.2. The molecule has 3 nitrogen and oxygen atoms in total. The molecular formula is C17H20N2O. The molecule has 0 bridgehead atoms. The number of nitrogens with two attached hydrogens (primary N) is 1. The average molecular weight is 268 g/mol. The van der Waals surface area contributed by atoms with Crippen LogP contribution in [0, 0.1) is 6.92 Å². The molecule has 0 spiro atoms. The second kappa shape index (κ2) is 5.37. The van der Waals surface area contributed by atoms with Crippen LogP contribution in [0.4, 0.5) is 11.4 Å². The van der Waals surface area contributed by atoms with Crippen molar-refractivity contribution < 1.29 is 4.79 Å². The first-order valence-corrected chi connectivity index (χ1v) is 6.65. The quantitative estimate of drug-likeness (QED) is 0.837. The van der Waals surface area contributed by atoms with Gasteiger partial charge in [-0.15, -0.1) is 0 Å². The zero-order chi connectivity index (χ0) is 14.8. The molecule has 0 aliphatic rings. The zero-order valence-electron chi connectivity index (χ0n) is 12.1. The molecule has 2 aromatic carbocycles. The van der Waals surface area contributed by atoms with Crippen LogP contribution in [0.2, 0.25) is 0 Å². The summed E-state index contributed by atoms with van der Waals surface area (Å²) in [4.78, 5) is 12.5. The highest BCUT2D eigenvalue weighted by Crippen LogP contribution is 2.27. The van der Waals surface area contributed by atoms with E-state index >= 15 is 0 Å². The van der Waals surface area contributed by atoms with Crippen molar-refractivity contribution in [2.75, 3.05) is 11.1 Å². The van der Waals surface area contributed by atoms with Gasteiger partial charge in [-0.1, -0.05) is 36.4 Å². The number of rotatable bonds is 3. The molecule has 2 rings (SSSR count). The van der Waals surface area contributed by atoms with Crippen LogP contribution in [-0.2, 0) is 10.2 Å². The average Bonchev–Trinajstić information content (AvgIpc) is 2.44. The topological polar surface area (TPSA) is 55.1 Å². The predicted octanol–water partition coefficient (Wildman–Crippen LogP) is 3.49. The molecule has 20 heavy (non-hydrogen) atoms. The first kappa shape index (κ1) is 14.1. The Morgan fingerprint density at radius 1 is 1.05 bits per heavy atom. The molecule has 3 heteroatoms. The van der Waals surface area contributed by atoms with Crippen molar-refractivity contribution in [1.29, 1.82) is 0 Å². The van der Waals surface area contributed by atoms with Crippen molar-refractivity contribution in [2.24, 2.45) is 0 Å². The molecule has 0 aromatic heterocycles. The summed E-state index contributed by atoms with van der Waals surface area (Å²) in [5, 5.41) is 2.97. The van der Waals surface area contributed by atoms with Gasteiger partial charge in [0.2, 0.25) is 5.91 Å². The largest absolute Gasteiger partial charge is 0.398 e. The van der Waals surface area contributed by atoms with Gasteiger partial charge in [0.25, 0.3) is 0 Å². The Balaban J connectivity index is 2.26. The highest BCUT2D eigenvalue weighted by molar-refractivity contribution is 5.99. The van der Waals surface area contributed by atoms with Crippen LogP contribution in [-0.4, -0.2) is 5.91 Å². The van der Waals surface area contributed by atoms with Crippen molar-refractivity contribution in [2.45, 2.75) is 26.2 Å². The van der Waals surface area contributed by atoms with Gasteiger partial charge >= 0.3 is 0 Å². The van der Waals surface area contributed by atoms with Crippen molar-refractivity contribution in [3.05, 3.63) is 59.7 Å². The molecule has 3 N–H and O–H groups in total. The molecule has 0 unspecified atom stereocenters. The van der Waals surface area contributed by atoms with Crippen LogP contribution in [0.15, 0.2) is 48.5 Å². The van der Waals surface area contributed by atoms with E-state index in [4.69, 9.17) is 5.73 Å². The lowest BCUT2D eigenvalue weighted by molar-refractivity contribution is -0.120. The lowest BCUT2D eigenvalue weighted by Gasteiger charge is -2.24. The minimum absolute atomic E-state index is 0.0441. The fourth-order valence-electron chi connectivity index (χ4n) is 2.05. The van der Waals surface area contributed by atoms with Gasteiger partial charge in [0.15, 0.2) is 0 Å². The summed E-state index contributed by atoms with van der Waals surface area (Å²) in [5.74, 6) is -0.0441. The number of hydrogen-bond donors (Lipinski definition) is 2. The monoisotopic (exact) mass is 268 g/mol. The summed E-state index contributed by atoms with van der Waals surface area (Å²) < 4.78 is 0. The summed E-state index contributed by atoms with van der Waals surface area (Å²) in [7, 11) is 0. The minimum Gasteiger partial charge on any atom is -0.398 e. The van der Waals surface area contributed by atoms with E-state index < -0.39 is 5.41 Å².